The van der Waals surface area contributed by atoms with E-state index in [9.17, 15) is 9.59 Å². The van der Waals surface area contributed by atoms with Gasteiger partial charge in [0, 0.05) is 30.6 Å². The van der Waals surface area contributed by atoms with Crippen molar-refractivity contribution >= 4 is 46.4 Å². The van der Waals surface area contributed by atoms with E-state index in [0.717, 1.165) is 22.4 Å². The Morgan fingerprint density at radius 3 is 2.31 bits per heavy atom. The van der Waals surface area contributed by atoms with Gasteiger partial charge in [-0.3, -0.25) is 9.59 Å². The Morgan fingerprint density at radius 2 is 1.73 bits per heavy atom. The zero-order valence-corrected chi connectivity index (χ0v) is 16.8. The molecule has 0 atom stereocenters. The lowest BCUT2D eigenvalue weighted by molar-refractivity contribution is -0.117. The van der Waals surface area contributed by atoms with Gasteiger partial charge in [-0.25, -0.2) is 0 Å². The van der Waals surface area contributed by atoms with Gasteiger partial charge in [-0.05, 0) is 61.7 Å². The smallest absolute Gasteiger partial charge is 0.226 e. The van der Waals surface area contributed by atoms with Gasteiger partial charge in [-0.15, -0.1) is 0 Å². The number of carbonyl (C=O) groups excluding carboxylic acids is 2. The van der Waals surface area contributed by atoms with Crippen molar-refractivity contribution in [3.8, 4) is 0 Å². The van der Waals surface area contributed by atoms with Crippen molar-refractivity contribution in [2.24, 2.45) is 0 Å². The van der Waals surface area contributed by atoms with Crippen molar-refractivity contribution in [3.63, 3.8) is 0 Å². The van der Waals surface area contributed by atoms with Crippen LogP contribution in [0.2, 0.25) is 10.0 Å². The maximum absolute atomic E-state index is 12.4. The molecule has 0 heterocycles. The van der Waals surface area contributed by atoms with Crippen molar-refractivity contribution in [1.82, 2.24) is 0 Å². The van der Waals surface area contributed by atoms with Gasteiger partial charge in [-0.1, -0.05) is 29.3 Å². The maximum Gasteiger partial charge on any atom is 0.226 e. The molecule has 0 fully saturated rings. The van der Waals surface area contributed by atoms with Gasteiger partial charge >= 0.3 is 0 Å². The van der Waals surface area contributed by atoms with Gasteiger partial charge < -0.3 is 10.2 Å². The first-order valence-corrected chi connectivity index (χ1v) is 9.05. The van der Waals surface area contributed by atoms with E-state index in [-0.39, 0.29) is 24.8 Å². The highest BCUT2D eigenvalue weighted by Gasteiger charge is 2.16. The fourth-order valence-electron chi connectivity index (χ4n) is 2.86. The summed E-state index contributed by atoms with van der Waals surface area (Å²) in [6, 6.07) is 9.08. The molecule has 138 valence electrons. The molecule has 26 heavy (non-hydrogen) atoms. The molecular formula is C20H22Cl2N2O2. The minimum absolute atomic E-state index is 0.132. The number of benzene rings is 2. The van der Waals surface area contributed by atoms with Gasteiger partial charge in [0.25, 0.3) is 0 Å². The Morgan fingerprint density at radius 1 is 1.04 bits per heavy atom. The molecule has 0 aromatic heterocycles. The van der Waals surface area contributed by atoms with E-state index >= 15 is 0 Å². The highest BCUT2D eigenvalue weighted by atomic mass is 35.5. The van der Waals surface area contributed by atoms with E-state index < -0.39 is 0 Å². The number of rotatable bonds is 5. The van der Waals surface area contributed by atoms with Crippen LogP contribution in [0.3, 0.4) is 0 Å². The lowest BCUT2D eigenvalue weighted by Crippen LogP contribution is -2.32. The van der Waals surface area contributed by atoms with Crippen molar-refractivity contribution in [1.29, 1.82) is 0 Å². The molecule has 0 aliphatic carbocycles. The minimum atomic E-state index is -0.197. The number of carbonyl (C=O) groups is 2. The average molecular weight is 393 g/mol. The minimum Gasteiger partial charge on any atom is -0.324 e. The second kappa shape index (κ2) is 8.56. The normalized spacial score (nSPS) is 10.5. The summed E-state index contributed by atoms with van der Waals surface area (Å²) in [5.74, 6) is -0.329. The number of nitrogens with one attached hydrogen (secondary N) is 1. The first kappa shape index (κ1) is 20.3. The Labute approximate surface area is 164 Å². The number of amides is 2. The predicted molar refractivity (Wildman–Crippen MR) is 108 cm³/mol. The van der Waals surface area contributed by atoms with E-state index in [4.69, 9.17) is 23.2 Å². The van der Waals surface area contributed by atoms with Crippen LogP contribution in [-0.4, -0.2) is 18.4 Å². The Hall–Kier alpha value is -2.04. The van der Waals surface area contributed by atoms with Crippen molar-refractivity contribution in [2.45, 2.75) is 34.1 Å². The second-order valence-corrected chi connectivity index (χ2v) is 7.18. The topological polar surface area (TPSA) is 49.4 Å². The average Bonchev–Trinajstić information content (AvgIpc) is 2.52. The molecule has 2 rings (SSSR count). The largest absolute Gasteiger partial charge is 0.324 e. The van der Waals surface area contributed by atoms with E-state index in [1.807, 2.05) is 32.9 Å². The molecule has 0 saturated carbocycles. The first-order valence-electron chi connectivity index (χ1n) is 8.30. The van der Waals surface area contributed by atoms with Gasteiger partial charge in [0.05, 0.1) is 10.7 Å². The molecule has 0 aliphatic heterocycles. The fourth-order valence-corrected chi connectivity index (χ4v) is 3.45. The molecule has 0 bridgehead atoms. The third-order valence-corrected chi connectivity index (χ3v) is 4.62. The van der Waals surface area contributed by atoms with E-state index in [0.29, 0.717) is 15.7 Å². The SMILES string of the molecule is CC(=O)N(CCC(=O)Nc1c(C)cc(C)cc1Cl)c1ccc(Cl)cc1C. The zero-order chi connectivity index (χ0) is 19.4. The van der Waals surface area contributed by atoms with Crippen LogP contribution < -0.4 is 10.2 Å². The third-order valence-electron chi connectivity index (χ3n) is 4.09. The highest BCUT2D eigenvalue weighted by Crippen LogP contribution is 2.28. The van der Waals surface area contributed by atoms with Crippen LogP contribution in [-0.2, 0) is 9.59 Å². The molecule has 0 aliphatic rings. The van der Waals surface area contributed by atoms with E-state index in [1.54, 1.807) is 23.1 Å². The second-order valence-electron chi connectivity index (χ2n) is 6.34. The van der Waals surface area contributed by atoms with Crippen LogP contribution in [0, 0.1) is 20.8 Å². The lowest BCUT2D eigenvalue weighted by atomic mass is 10.1. The molecule has 2 amide bonds. The van der Waals surface area contributed by atoms with Crippen LogP contribution in [0.5, 0.6) is 0 Å². The highest BCUT2D eigenvalue weighted by molar-refractivity contribution is 6.34. The van der Waals surface area contributed by atoms with Crippen LogP contribution >= 0.6 is 23.2 Å². The lowest BCUT2D eigenvalue weighted by Gasteiger charge is -2.23. The van der Waals surface area contributed by atoms with Crippen LogP contribution in [0.1, 0.15) is 30.0 Å². The fraction of sp³-hybridized carbons (Fsp3) is 0.300. The number of nitrogens with zero attached hydrogens (tertiary/aromatic N) is 1. The Kier molecular flexibility index (Phi) is 6.68. The molecule has 2 aromatic rings. The van der Waals surface area contributed by atoms with Crippen molar-refractivity contribution in [2.75, 3.05) is 16.8 Å². The molecule has 4 nitrogen and oxygen atoms in total. The Bertz CT molecular complexity index is 827. The summed E-state index contributed by atoms with van der Waals surface area (Å²) in [5.41, 5.74) is 4.18. The summed E-state index contributed by atoms with van der Waals surface area (Å²) in [6.45, 7) is 7.48. The molecule has 1 N–H and O–H groups in total. The standard InChI is InChI=1S/C20H22Cl2N2O2/c1-12-9-14(3)20(17(22)10-12)23-19(26)7-8-24(15(4)25)18-6-5-16(21)11-13(18)2/h5-6,9-11H,7-8H2,1-4H3,(H,23,26). The number of aryl methyl sites for hydroxylation is 3. The summed E-state index contributed by atoms with van der Waals surface area (Å²) in [4.78, 5) is 26.0. The molecule has 0 unspecified atom stereocenters. The quantitative estimate of drug-likeness (QED) is 0.749. The van der Waals surface area contributed by atoms with Crippen LogP contribution in [0.4, 0.5) is 11.4 Å². The third kappa shape index (κ3) is 4.99. The Balaban J connectivity index is 2.10. The number of hydrogen-bond acceptors (Lipinski definition) is 2. The molecule has 2 aromatic carbocycles. The number of hydrogen-bond donors (Lipinski definition) is 1. The van der Waals surface area contributed by atoms with Crippen LogP contribution in [0.15, 0.2) is 30.3 Å². The molecule has 0 saturated heterocycles. The molecule has 0 spiro atoms. The van der Waals surface area contributed by atoms with Crippen molar-refractivity contribution < 1.29 is 9.59 Å². The summed E-state index contributed by atoms with van der Waals surface area (Å²) in [6.07, 6.45) is 0.158. The van der Waals surface area contributed by atoms with E-state index in [2.05, 4.69) is 5.32 Å². The summed E-state index contributed by atoms with van der Waals surface area (Å²) in [7, 11) is 0. The summed E-state index contributed by atoms with van der Waals surface area (Å²) < 4.78 is 0. The maximum atomic E-state index is 12.4. The van der Waals surface area contributed by atoms with Gasteiger partial charge in [-0.2, -0.15) is 0 Å². The van der Waals surface area contributed by atoms with E-state index in [1.165, 1.54) is 6.92 Å². The van der Waals surface area contributed by atoms with Crippen molar-refractivity contribution in [3.05, 3.63) is 57.1 Å². The number of anilines is 2. The monoisotopic (exact) mass is 392 g/mol. The van der Waals surface area contributed by atoms with Gasteiger partial charge in [0.1, 0.15) is 0 Å². The first-order chi connectivity index (χ1) is 12.2. The molecular weight excluding hydrogens is 371 g/mol. The summed E-state index contributed by atoms with van der Waals surface area (Å²) >= 11 is 12.2. The summed E-state index contributed by atoms with van der Waals surface area (Å²) in [5, 5.41) is 3.96. The predicted octanol–water partition coefficient (Wildman–Crippen LogP) is 5.30. The molecule has 6 heteroatoms. The van der Waals surface area contributed by atoms with Crippen LogP contribution in [0.25, 0.3) is 0 Å². The van der Waals surface area contributed by atoms with Gasteiger partial charge in [0.2, 0.25) is 11.8 Å². The zero-order valence-electron chi connectivity index (χ0n) is 15.3. The van der Waals surface area contributed by atoms with Gasteiger partial charge in [0.15, 0.2) is 0 Å². The molecule has 0 radical (unpaired) electrons. The number of halogens is 2.